The van der Waals surface area contributed by atoms with Gasteiger partial charge in [-0.3, -0.25) is 0 Å². The molecule has 0 fully saturated rings. The minimum absolute atomic E-state index is 0.700. The number of aromatic amines is 1. The van der Waals surface area contributed by atoms with Crippen molar-refractivity contribution in [2.45, 2.75) is 45.4 Å². The van der Waals surface area contributed by atoms with Gasteiger partial charge in [0.25, 0.3) is 0 Å². The first-order valence-corrected chi connectivity index (χ1v) is 9.01. The minimum Gasteiger partial charge on any atom is -0.361 e. The standard InChI is InChI=1S/C18H20ClN3OS/c1-12-10-14(23-22-12)6-4-2-3-5-7-17(24)18-20-15-9-8-13(19)11-16(15)21-18/h8-11H,2-7H2,1H3,(H,20,21). The molecule has 0 bridgehead atoms. The van der Waals surface area contributed by atoms with E-state index in [0.717, 1.165) is 71.7 Å². The number of fused-ring (bicyclic) bond motifs is 1. The molecule has 6 heteroatoms. The fraction of sp³-hybridized carbons (Fsp3) is 0.389. The van der Waals surface area contributed by atoms with Crippen LogP contribution in [0.3, 0.4) is 0 Å². The maximum atomic E-state index is 5.99. The number of aryl methyl sites for hydroxylation is 2. The molecule has 0 amide bonds. The second-order valence-corrected chi connectivity index (χ2v) is 6.95. The van der Waals surface area contributed by atoms with Gasteiger partial charge in [0, 0.05) is 17.5 Å². The minimum atomic E-state index is 0.700. The molecule has 24 heavy (non-hydrogen) atoms. The van der Waals surface area contributed by atoms with Crippen molar-refractivity contribution in [2.24, 2.45) is 0 Å². The Bertz CT molecular complexity index is 840. The highest BCUT2D eigenvalue weighted by atomic mass is 35.5. The van der Waals surface area contributed by atoms with Gasteiger partial charge < -0.3 is 9.51 Å². The van der Waals surface area contributed by atoms with Gasteiger partial charge in [0.1, 0.15) is 11.6 Å². The van der Waals surface area contributed by atoms with Crippen molar-refractivity contribution >= 4 is 39.7 Å². The number of hydrogen-bond acceptors (Lipinski definition) is 4. The SMILES string of the molecule is Cc1cc(CCCCCCC(=S)c2nc3ccc(Cl)cc3[nH]2)on1. The number of rotatable bonds is 8. The molecule has 0 unspecified atom stereocenters. The van der Waals surface area contributed by atoms with E-state index in [1.807, 2.05) is 31.2 Å². The van der Waals surface area contributed by atoms with Crippen molar-refractivity contribution in [1.82, 2.24) is 15.1 Å². The molecule has 0 saturated heterocycles. The highest BCUT2D eigenvalue weighted by molar-refractivity contribution is 7.80. The van der Waals surface area contributed by atoms with Crippen molar-refractivity contribution < 1.29 is 4.52 Å². The first kappa shape index (κ1) is 17.1. The van der Waals surface area contributed by atoms with E-state index < -0.39 is 0 Å². The average molecular weight is 362 g/mol. The van der Waals surface area contributed by atoms with E-state index in [2.05, 4.69) is 15.1 Å². The summed E-state index contributed by atoms with van der Waals surface area (Å²) in [6.07, 6.45) is 6.34. The first-order chi connectivity index (χ1) is 11.6. The predicted octanol–water partition coefficient (Wildman–Crippen LogP) is 5.42. The van der Waals surface area contributed by atoms with Crippen LogP contribution in [0.15, 0.2) is 28.8 Å². The lowest BCUT2D eigenvalue weighted by atomic mass is 10.1. The molecular weight excluding hydrogens is 342 g/mol. The van der Waals surface area contributed by atoms with Gasteiger partial charge in [-0.25, -0.2) is 4.98 Å². The van der Waals surface area contributed by atoms with Crippen molar-refractivity contribution in [3.63, 3.8) is 0 Å². The number of thiocarbonyl (C=S) groups is 1. The summed E-state index contributed by atoms with van der Waals surface area (Å²) < 4.78 is 5.21. The third-order valence-corrected chi connectivity index (χ3v) is 4.59. The number of H-pyrrole nitrogens is 1. The van der Waals surface area contributed by atoms with Gasteiger partial charge in [-0.1, -0.05) is 41.8 Å². The van der Waals surface area contributed by atoms with E-state index in [1.54, 1.807) is 0 Å². The third-order valence-electron chi connectivity index (χ3n) is 3.96. The van der Waals surface area contributed by atoms with Gasteiger partial charge in [0.2, 0.25) is 0 Å². The van der Waals surface area contributed by atoms with Gasteiger partial charge in [-0.05, 0) is 44.4 Å². The lowest BCUT2D eigenvalue weighted by Crippen LogP contribution is -1.99. The lowest BCUT2D eigenvalue weighted by Gasteiger charge is -2.01. The Kier molecular flexibility index (Phi) is 5.63. The maximum Gasteiger partial charge on any atom is 0.145 e. The molecule has 0 aliphatic rings. The normalized spacial score (nSPS) is 11.2. The van der Waals surface area contributed by atoms with Gasteiger partial charge >= 0.3 is 0 Å². The number of nitrogens with one attached hydrogen (secondary N) is 1. The molecule has 0 radical (unpaired) electrons. The molecule has 1 aromatic carbocycles. The zero-order valence-electron chi connectivity index (χ0n) is 13.6. The third kappa shape index (κ3) is 4.42. The molecule has 126 valence electrons. The molecule has 0 aliphatic carbocycles. The Hall–Kier alpha value is -1.72. The Balaban J connectivity index is 1.40. The Morgan fingerprint density at radius 3 is 2.83 bits per heavy atom. The zero-order valence-corrected chi connectivity index (χ0v) is 15.2. The van der Waals surface area contributed by atoms with E-state index in [4.69, 9.17) is 28.3 Å². The molecule has 3 aromatic rings. The second-order valence-electron chi connectivity index (χ2n) is 6.02. The van der Waals surface area contributed by atoms with E-state index in [-0.39, 0.29) is 0 Å². The number of halogens is 1. The first-order valence-electron chi connectivity index (χ1n) is 8.22. The summed E-state index contributed by atoms with van der Waals surface area (Å²) in [6, 6.07) is 7.63. The quantitative estimate of drug-likeness (QED) is 0.330. The largest absolute Gasteiger partial charge is 0.361 e. The Morgan fingerprint density at radius 1 is 1.21 bits per heavy atom. The number of aromatic nitrogens is 3. The van der Waals surface area contributed by atoms with Crippen molar-refractivity contribution in [1.29, 1.82) is 0 Å². The molecule has 0 aliphatic heterocycles. The summed E-state index contributed by atoms with van der Waals surface area (Å²) >= 11 is 11.5. The smallest absolute Gasteiger partial charge is 0.145 e. The van der Waals surface area contributed by atoms with Crippen LogP contribution in [-0.2, 0) is 6.42 Å². The average Bonchev–Trinajstić information content (AvgIpc) is 3.16. The molecule has 2 heterocycles. The van der Waals surface area contributed by atoms with Crippen molar-refractivity contribution in [3.05, 3.63) is 46.6 Å². The number of nitrogens with zero attached hydrogens (tertiary/aromatic N) is 2. The fourth-order valence-corrected chi connectivity index (χ4v) is 3.12. The van der Waals surface area contributed by atoms with Crippen molar-refractivity contribution in [3.8, 4) is 0 Å². The zero-order chi connectivity index (χ0) is 16.9. The van der Waals surface area contributed by atoms with Crippen LogP contribution in [0.2, 0.25) is 5.02 Å². The molecule has 0 spiro atoms. The summed E-state index contributed by atoms with van der Waals surface area (Å²) in [7, 11) is 0. The molecule has 1 N–H and O–H groups in total. The van der Waals surface area contributed by atoms with Crippen LogP contribution >= 0.6 is 23.8 Å². The topological polar surface area (TPSA) is 54.7 Å². The summed E-state index contributed by atoms with van der Waals surface area (Å²) in [5.41, 5.74) is 2.78. The number of unbranched alkanes of at least 4 members (excludes halogenated alkanes) is 3. The summed E-state index contributed by atoms with van der Waals surface area (Å²) in [5.74, 6) is 1.77. The van der Waals surface area contributed by atoms with Gasteiger partial charge in [-0.2, -0.15) is 0 Å². The van der Waals surface area contributed by atoms with Crippen molar-refractivity contribution in [2.75, 3.05) is 0 Å². The van der Waals surface area contributed by atoms with Crippen LogP contribution in [0.25, 0.3) is 11.0 Å². The van der Waals surface area contributed by atoms with Gasteiger partial charge in [0.05, 0.1) is 21.6 Å². The maximum absolute atomic E-state index is 5.99. The Morgan fingerprint density at radius 2 is 2.04 bits per heavy atom. The second kappa shape index (κ2) is 7.90. The molecular formula is C18H20ClN3OS. The van der Waals surface area contributed by atoms with Crippen LogP contribution in [0.4, 0.5) is 0 Å². The highest BCUT2D eigenvalue weighted by Crippen LogP contribution is 2.19. The summed E-state index contributed by atoms with van der Waals surface area (Å²) in [5, 5.41) is 4.60. The van der Waals surface area contributed by atoms with E-state index >= 15 is 0 Å². The van der Waals surface area contributed by atoms with Crippen LogP contribution < -0.4 is 0 Å². The van der Waals surface area contributed by atoms with Gasteiger partial charge in [-0.15, -0.1) is 0 Å². The van der Waals surface area contributed by atoms with E-state index in [0.29, 0.717) is 5.02 Å². The van der Waals surface area contributed by atoms with E-state index in [1.165, 1.54) is 0 Å². The van der Waals surface area contributed by atoms with E-state index in [9.17, 15) is 0 Å². The number of benzene rings is 1. The van der Waals surface area contributed by atoms with Crippen LogP contribution in [0.5, 0.6) is 0 Å². The van der Waals surface area contributed by atoms with Crippen LogP contribution in [0, 0.1) is 6.92 Å². The summed E-state index contributed by atoms with van der Waals surface area (Å²) in [4.78, 5) is 8.67. The predicted molar refractivity (Wildman–Crippen MR) is 101 cm³/mol. The monoisotopic (exact) mass is 361 g/mol. The van der Waals surface area contributed by atoms with Crippen LogP contribution in [0.1, 0.15) is 49.4 Å². The molecule has 3 rings (SSSR count). The molecule has 0 atom stereocenters. The molecule has 0 saturated carbocycles. The summed E-state index contributed by atoms with van der Waals surface area (Å²) in [6.45, 7) is 1.94. The number of hydrogen-bond donors (Lipinski definition) is 1. The van der Waals surface area contributed by atoms with Crippen LogP contribution in [-0.4, -0.2) is 20.0 Å². The lowest BCUT2D eigenvalue weighted by molar-refractivity contribution is 0.375. The molecule has 2 aromatic heterocycles. The fourth-order valence-electron chi connectivity index (χ4n) is 2.70. The number of imidazole rings is 1. The Labute approximate surface area is 151 Å². The highest BCUT2D eigenvalue weighted by Gasteiger charge is 2.08. The van der Waals surface area contributed by atoms with Gasteiger partial charge in [0.15, 0.2) is 0 Å². The molecule has 4 nitrogen and oxygen atoms in total.